The van der Waals surface area contributed by atoms with Crippen molar-refractivity contribution in [1.29, 1.82) is 0 Å². The molecule has 1 N–H and O–H groups in total. The fourth-order valence-corrected chi connectivity index (χ4v) is 10.0. The molecule has 0 aliphatic heterocycles. The van der Waals surface area contributed by atoms with Crippen LogP contribution in [0, 0.1) is 6.92 Å². The third-order valence-electron chi connectivity index (χ3n) is 6.96. The van der Waals surface area contributed by atoms with E-state index in [2.05, 4.69) is 36.4 Å². The maximum Gasteiger partial charge on any atom is 0.297 e. The topological polar surface area (TPSA) is 63.6 Å². The summed E-state index contributed by atoms with van der Waals surface area (Å²) in [6, 6.07) is 26.7. The smallest absolute Gasteiger partial charge is 0.297 e. The lowest BCUT2D eigenvalue weighted by Gasteiger charge is -2.41. The molecule has 0 saturated heterocycles. The van der Waals surface area contributed by atoms with Gasteiger partial charge in [-0.25, -0.2) is 0 Å². The van der Waals surface area contributed by atoms with Crippen molar-refractivity contribution in [2.24, 2.45) is 0 Å². The van der Waals surface area contributed by atoms with Crippen molar-refractivity contribution in [3.63, 3.8) is 0 Å². The van der Waals surface area contributed by atoms with Crippen molar-refractivity contribution < 1.29 is 17.4 Å². The van der Waals surface area contributed by atoms with E-state index in [1.165, 1.54) is 0 Å². The summed E-state index contributed by atoms with van der Waals surface area (Å²) in [5, 5.41) is 1.64. The van der Waals surface area contributed by atoms with Crippen molar-refractivity contribution in [3.8, 4) is 0 Å². The Morgan fingerprint density at radius 3 is 1.95 bits per heavy atom. The molecular weight excluding hydrogens is 564 g/mol. The predicted molar refractivity (Wildman–Crippen MR) is 159 cm³/mol. The maximum absolute atomic E-state index is 12.9. The van der Waals surface area contributed by atoms with Crippen LogP contribution in [0.3, 0.4) is 0 Å². The van der Waals surface area contributed by atoms with Gasteiger partial charge in [0.05, 0.1) is 11.0 Å². The third kappa shape index (κ3) is 7.51. The van der Waals surface area contributed by atoms with Crippen LogP contribution in [0.5, 0.6) is 0 Å². The predicted octanol–water partition coefficient (Wildman–Crippen LogP) is 6.46. The highest BCUT2D eigenvalue weighted by molar-refractivity contribution is 9.11. The largest absolute Gasteiger partial charge is 0.424 e. The molecule has 0 unspecified atom stereocenters. The number of halogens is 1. The average molecular weight is 602 g/mol. The van der Waals surface area contributed by atoms with E-state index in [1.54, 1.807) is 24.3 Å². The molecule has 0 spiro atoms. The van der Waals surface area contributed by atoms with Crippen LogP contribution in [0.1, 0.15) is 51.5 Å². The van der Waals surface area contributed by atoms with Crippen LogP contribution in [0.2, 0.25) is 5.04 Å². The van der Waals surface area contributed by atoms with Crippen LogP contribution >= 0.6 is 15.9 Å². The summed E-state index contributed by atoms with van der Waals surface area (Å²) in [5.41, 5.74) is 0.987. The summed E-state index contributed by atoms with van der Waals surface area (Å²) in [4.78, 5) is 12.5. The Morgan fingerprint density at radius 1 is 0.946 bits per heavy atom. The van der Waals surface area contributed by atoms with Crippen LogP contribution in [0.4, 0.5) is 0 Å². The molecule has 3 aromatic carbocycles. The number of aryl methyl sites for hydroxylation is 1. The minimum absolute atomic E-state index is 0.159. The third-order valence-corrected chi connectivity index (χ3v) is 13.2. The minimum Gasteiger partial charge on any atom is -0.424 e. The van der Waals surface area contributed by atoms with Gasteiger partial charge in [0.25, 0.3) is 18.4 Å². The molecule has 0 saturated carbocycles. The molecule has 4 nitrogen and oxygen atoms in total. The Hall–Kier alpha value is -2.03. The highest BCUT2D eigenvalue weighted by atomic mass is 79.9. The molecule has 0 fully saturated rings. The Morgan fingerprint density at radius 2 is 1.46 bits per heavy atom. The molecular formula is C30H37BrO4SSi. The summed E-state index contributed by atoms with van der Waals surface area (Å²) in [6.45, 7) is 10.1. The first-order chi connectivity index (χ1) is 17.5. The van der Waals surface area contributed by atoms with Gasteiger partial charge in [-0.3, -0.25) is 4.18 Å². The first kappa shape index (κ1) is 29.5. The molecule has 0 radical (unpaired) electrons. The van der Waals surface area contributed by atoms with Gasteiger partial charge in [-0.15, -0.1) is 0 Å². The lowest BCUT2D eigenvalue weighted by molar-refractivity contribution is 0.196. The van der Waals surface area contributed by atoms with E-state index < -0.39 is 24.5 Å². The maximum atomic E-state index is 12.9. The molecule has 0 heterocycles. The van der Waals surface area contributed by atoms with E-state index in [1.807, 2.05) is 67.6 Å². The Bertz CT molecular complexity index is 1220. The average Bonchev–Trinajstić information content (AvgIpc) is 2.86. The number of rotatable bonds is 13. The lowest BCUT2D eigenvalue weighted by atomic mass is 10.0. The molecule has 7 heteroatoms. The van der Waals surface area contributed by atoms with Crippen molar-refractivity contribution in [3.05, 3.63) is 102 Å². The summed E-state index contributed by atoms with van der Waals surface area (Å²) in [6.07, 6.45) is 2.86. The number of benzene rings is 3. The van der Waals surface area contributed by atoms with Gasteiger partial charge in [-0.2, -0.15) is 8.42 Å². The first-order valence-electron chi connectivity index (χ1n) is 12.6. The zero-order valence-electron chi connectivity index (χ0n) is 21.9. The van der Waals surface area contributed by atoms with E-state index in [0.717, 1.165) is 35.2 Å². The standard InChI is InChI=1S/C30H37BrO4SSi/c1-24-18-20-27(21-19-24)36(32,33)35-26(23-25(2)31)13-11-12-22-30(3,4)37(34,28-14-7-5-8-15-28)29-16-9-6-10-17-29/h5-10,14-21,26,34H,2,11-13,22-23H2,1,3-4H3/t26-/m1/s1. The number of hydrogen-bond donors (Lipinski definition) is 1. The summed E-state index contributed by atoms with van der Waals surface area (Å²) >= 11 is 3.37. The van der Waals surface area contributed by atoms with E-state index in [9.17, 15) is 13.2 Å². The molecule has 198 valence electrons. The van der Waals surface area contributed by atoms with Gasteiger partial charge >= 0.3 is 0 Å². The Labute approximate surface area is 231 Å². The highest BCUT2D eigenvalue weighted by Gasteiger charge is 2.49. The SMILES string of the molecule is C=C(Br)C[C@@H](CCCCC(C)(C)[Si](O)(c1ccccc1)c1ccccc1)OS(=O)(=O)c1ccc(C)cc1. The van der Waals surface area contributed by atoms with Gasteiger partial charge in [0, 0.05) is 6.42 Å². The van der Waals surface area contributed by atoms with Crippen molar-refractivity contribution in [1.82, 2.24) is 0 Å². The first-order valence-corrected chi connectivity index (χ1v) is 16.8. The van der Waals surface area contributed by atoms with E-state index in [0.29, 0.717) is 17.3 Å². The summed E-state index contributed by atoms with van der Waals surface area (Å²) in [7, 11) is -6.95. The molecule has 0 aromatic heterocycles. The zero-order valence-corrected chi connectivity index (χ0v) is 25.3. The molecule has 0 aliphatic rings. The molecule has 3 aromatic rings. The Kier molecular flexibility index (Phi) is 10.1. The highest BCUT2D eigenvalue weighted by Crippen LogP contribution is 2.40. The molecule has 0 amide bonds. The zero-order chi connectivity index (χ0) is 27.1. The van der Waals surface area contributed by atoms with Crippen molar-refractivity contribution in [2.75, 3.05) is 0 Å². The normalized spacial score (nSPS) is 13.3. The van der Waals surface area contributed by atoms with Gasteiger partial charge in [0.1, 0.15) is 0 Å². The molecule has 0 aliphatic carbocycles. The second kappa shape index (κ2) is 12.7. The van der Waals surface area contributed by atoms with Gasteiger partial charge < -0.3 is 4.80 Å². The molecule has 3 rings (SSSR count). The second-order valence-corrected chi connectivity index (χ2v) is 16.9. The number of hydrogen-bond acceptors (Lipinski definition) is 4. The van der Waals surface area contributed by atoms with E-state index in [4.69, 9.17) is 4.18 Å². The van der Waals surface area contributed by atoms with Crippen LogP contribution in [-0.2, 0) is 14.3 Å². The van der Waals surface area contributed by atoms with Gasteiger partial charge in [0.15, 0.2) is 0 Å². The quantitative estimate of drug-likeness (QED) is 0.139. The van der Waals surface area contributed by atoms with Crippen LogP contribution in [0.25, 0.3) is 0 Å². The lowest BCUT2D eigenvalue weighted by Crippen LogP contribution is -2.65. The summed E-state index contributed by atoms with van der Waals surface area (Å²) in [5.74, 6) is 0. The monoisotopic (exact) mass is 600 g/mol. The van der Waals surface area contributed by atoms with Crippen molar-refractivity contribution >= 4 is 44.7 Å². The van der Waals surface area contributed by atoms with Gasteiger partial charge in [-0.05, 0) is 51.8 Å². The van der Waals surface area contributed by atoms with Crippen LogP contribution in [0.15, 0.2) is 101 Å². The van der Waals surface area contributed by atoms with E-state index in [-0.39, 0.29) is 9.93 Å². The molecule has 1 atom stereocenters. The minimum atomic E-state index is -3.88. The molecule has 37 heavy (non-hydrogen) atoms. The van der Waals surface area contributed by atoms with E-state index >= 15 is 0 Å². The fraction of sp³-hybridized carbons (Fsp3) is 0.333. The van der Waals surface area contributed by atoms with Crippen molar-refractivity contribution in [2.45, 2.75) is 68.9 Å². The Balaban J connectivity index is 1.71. The second-order valence-electron chi connectivity index (χ2n) is 10.3. The van der Waals surface area contributed by atoms with Crippen LogP contribution in [-0.4, -0.2) is 27.6 Å². The fourth-order valence-electron chi connectivity index (χ4n) is 4.80. The summed E-state index contributed by atoms with van der Waals surface area (Å²) < 4.78 is 32.1. The molecule has 0 bridgehead atoms. The number of unbranched alkanes of at least 4 members (excludes halogenated alkanes) is 1. The van der Waals surface area contributed by atoms with Gasteiger partial charge in [0.2, 0.25) is 0 Å². The van der Waals surface area contributed by atoms with Gasteiger partial charge in [-0.1, -0.05) is 128 Å². The van der Waals surface area contributed by atoms with Crippen LogP contribution < -0.4 is 10.4 Å².